The van der Waals surface area contributed by atoms with Crippen LogP contribution in [0.5, 0.6) is 0 Å². The average Bonchev–Trinajstić information content (AvgIpc) is 2.72. The molecule has 1 amide bonds. The van der Waals surface area contributed by atoms with Crippen LogP contribution in [-0.4, -0.2) is 29.9 Å². The number of hydrogen-bond acceptors (Lipinski definition) is 4. The lowest BCUT2D eigenvalue weighted by atomic mass is 10.3. The van der Waals surface area contributed by atoms with Crippen LogP contribution in [0.2, 0.25) is 0 Å². The van der Waals surface area contributed by atoms with Crippen LogP contribution in [0.25, 0.3) is 0 Å². The van der Waals surface area contributed by atoms with Gasteiger partial charge in [-0.05, 0) is 26.0 Å². The summed E-state index contributed by atoms with van der Waals surface area (Å²) in [6, 6.07) is 4.28. The number of hydrogen-bond donors (Lipinski definition) is 2. The van der Waals surface area contributed by atoms with Gasteiger partial charge in [-0.15, -0.1) is 11.3 Å². The van der Waals surface area contributed by atoms with Gasteiger partial charge in [0.15, 0.2) is 0 Å². The van der Waals surface area contributed by atoms with Crippen LogP contribution >= 0.6 is 11.3 Å². The van der Waals surface area contributed by atoms with Crippen molar-refractivity contribution in [1.82, 2.24) is 4.90 Å². The number of rotatable bonds is 5. The van der Waals surface area contributed by atoms with Gasteiger partial charge >= 0.3 is 0 Å². The second-order valence-electron chi connectivity index (χ2n) is 4.24. The van der Waals surface area contributed by atoms with Gasteiger partial charge in [0.2, 0.25) is 5.91 Å². The van der Waals surface area contributed by atoms with Crippen molar-refractivity contribution < 1.29 is 4.79 Å². The van der Waals surface area contributed by atoms with E-state index in [0.29, 0.717) is 6.54 Å². The Labute approximate surface area is 112 Å². The zero-order valence-electron chi connectivity index (χ0n) is 10.8. The highest BCUT2D eigenvalue weighted by molar-refractivity contribution is 7.12. The van der Waals surface area contributed by atoms with Crippen molar-refractivity contribution in [3.05, 3.63) is 21.9 Å². The molecule has 0 aliphatic carbocycles. The van der Waals surface area contributed by atoms with Gasteiger partial charge in [0, 0.05) is 17.5 Å². The Morgan fingerprint density at radius 2 is 2.22 bits per heavy atom. The number of nitrogens with zero attached hydrogens (tertiary/aromatic N) is 1. The molecule has 0 radical (unpaired) electrons. The van der Waals surface area contributed by atoms with Crippen molar-refractivity contribution in [3.63, 3.8) is 0 Å². The highest BCUT2D eigenvalue weighted by Crippen LogP contribution is 2.18. The van der Waals surface area contributed by atoms with Crippen molar-refractivity contribution in [2.75, 3.05) is 13.1 Å². The fourth-order valence-corrected chi connectivity index (χ4v) is 2.40. The van der Waals surface area contributed by atoms with Gasteiger partial charge < -0.3 is 11.5 Å². The third-order valence-electron chi connectivity index (χ3n) is 2.42. The van der Waals surface area contributed by atoms with Gasteiger partial charge in [0.1, 0.15) is 0 Å². The maximum atomic E-state index is 11.0. The van der Waals surface area contributed by atoms with E-state index in [4.69, 9.17) is 11.5 Å². The number of primary amides is 1. The molecule has 0 saturated carbocycles. The lowest BCUT2D eigenvalue weighted by molar-refractivity contribution is -0.119. The molecule has 4 nitrogen and oxygen atoms in total. The molecule has 1 aromatic heterocycles. The summed E-state index contributed by atoms with van der Waals surface area (Å²) in [6.45, 7) is 5.46. The Bertz CT molecular complexity index is 456. The van der Waals surface area contributed by atoms with Crippen molar-refractivity contribution in [3.8, 4) is 11.8 Å². The summed E-state index contributed by atoms with van der Waals surface area (Å²) in [7, 11) is 0. The normalized spacial score (nSPS) is 10.5. The van der Waals surface area contributed by atoms with E-state index in [-0.39, 0.29) is 18.5 Å². The molecule has 0 saturated heterocycles. The molecule has 98 valence electrons. The highest BCUT2D eigenvalue weighted by atomic mass is 32.1. The third-order valence-corrected chi connectivity index (χ3v) is 3.41. The van der Waals surface area contributed by atoms with Crippen LogP contribution in [0.1, 0.15) is 23.6 Å². The smallest absolute Gasteiger partial charge is 0.231 e. The fourth-order valence-electron chi connectivity index (χ4n) is 1.49. The van der Waals surface area contributed by atoms with E-state index in [9.17, 15) is 4.79 Å². The summed E-state index contributed by atoms with van der Waals surface area (Å²) < 4.78 is 0. The van der Waals surface area contributed by atoms with E-state index in [2.05, 4.69) is 11.8 Å². The van der Waals surface area contributed by atoms with Crippen LogP contribution in [-0.2, 0) is 11.3 Å². The molecule has 1 heterocycles. The van der Waals surface area contributed by atoms with E-state index in [1.165, 1.54) is 4.88 Å². The van der Waals surface area contributed by atoms with Gasteiger partial charge in [-0.25, -0.2) is 0 Å². The highest BCUT2D eigenvalue weighted by Gasteiger charge is 2.13. The van der Waals surface area contributed by atoms with Crippen LogP contribution < -0.4 is 11.5 Å². The maximum absolute atomic E-state index is 11.0. The number of thiophene rings is 1. The first-order chi connectivity index (χ1) is 8.52. The Hall–Kier alpha value is -1.35. The summed E-state index contributed by atoms with van der Waals surface area (Å²) in [5, 5.41) is 0. The van der Waals surface area contributed by atoms with Gasteiger partial charge in [-0.3, -0.25) is 9.69 Å². The third kappa shape index (κ3) is 4.88. The van der Waals surface area contributed by atoms with Gasteiger partial charge in [-0.2, -0.15) is 0 Å². The lowest BCUT2D eigenvalue weighted by Crippen LogP contribution is -2.37. The first-order valence-corrected chi connectivity index (χ1v) is 6.64. The molecule has 1 rings (SSSR count). The van der Waals surface area contributed by atoms with Gasteiger partial charge in [0.25, 0.3) is 0 Å². The molecule has 0 aromatic carbocycles. The second kappa shape index (κ2) is 7.17. The predicted octanol–water partition coefficient (Wildman–Crippen LogP) is 0.754. The van der Waals surface area contributed by atoms with Crippen molar-refractivity contribution in [2.24, 2.45) is 11.5 Å². The number of amides is 1. The van der Waals surface area contributed by atoms with Crippen LogP contribution in [0.3, 0.4) is 0 Å². The van der Waals surface area contributed by atoms with E-state index in [0.717, 1.165) is 11.4 Å². The van der Waals surface area contributed by atoms with E-state index in [1.54, 1.807) is 11.3 Å². The first-order valence-electron chi connectivity index (χ1n) is 5.83. The summed E-state index contributed by atoms with van der Waals surface area (Å²) in [5.74, 6) is 5.53. The minimum Gasteiger partial charge on any atom is -0.369 e. The predicted molar refractivity (Wildman–Crippen MR) is 75.0 cm³/mol. The molecule has 1 aromatic rings. The molecule has 18 heavy (non-hydrogen) atoms. The van der Waals surface area contributed by atoms with E-state index >= 15 is 0 Å². The Morgan fingerprint density at radius 1 is 1.50 bits per heavy atom. The Morgan fingerprint density at radius 3 is 2.78 bits per heavy atom. The first kappa shape index (κ1) is 14.7. The number of nitrogens with two attached hydrogens (primary N) is 2. The molecule has 0 aliphatic rings. The lowest BCUT2D eigenvalue weighted by Gasteiger charge is -2.24. The zero-order chi connectivity index (χ0) is 13.5. The quantitative estimate of drug-likeness (QED) is 0.772. The van der Waals surface area contributed by atoms with Crippen molar-refractivity contribution in [2.45, 2.75) is 26.4 Å². The second-order valence-corrected chi connectivity index (χ2v) is 5.41. The molecule has 0 unspecified atom stereocenters. The van der Waals surface area contributed by atoms with Gasteiger partial charge in [-0.1, -0.05) is 11.8 Å². The molecule has 4 N–H and O–H groups in total. The maximum Gasteiger partial charge on any atom is 0.231 e. The van der Waals surface area contributed by atoms with E-state index in [1.807, 2.05) is 30.9 Å². The summed E-state index contributed by atoms with van der Waals surface area (Å²) in [5.41, 5.74) is 10.6. The number of carbonyl (C=O) groups is 1. The molecule has 0 atom stereocenters. The standard InChI is InChI=1S/C13H19N3OS/c1-10(2)16(9-13(15)17)8-12-6-5-11(18-12)4-3-7-14/h5-6,10H,7-9,14H2,1-2H3,(H2,15,17). The average molecular weight is 265 g/mol. The number of carbonyl (C=O) groups excluding carboxylic acids is 1. The zero-order valence-corrected chi connectivity index (χ0v) is 11.6. The molecule has 0 bridgehead atoms. The Kier molecular flexibility index (Phi) is 5.86. The molecular formula is C13H19N3OS. The van der Waals surface area contributed by atoms with E-state index < -0.39 is 0 Å². The molecule has 0 aliphatic heterocycles. The molecule has 5 heteroatoms. The topological polar surface area (TPSA) is 72.3 Å². The summed E-state index contributed by atoms with van der Waals surface area (Å²) in [6.07, 6.45) is 0. The minimum atomic E-state index is -0.302. The molecule has 0 fully saturated rings. The van der Waals surface area contributed by atoms with Gasteiger partial charge in [0.05, 0.1) is 18.0 Å². The molecular weight excluding hydrogens is 246 g/mol. The van der Waals surface area contributed by atoms with Crippen LogP contribution in [0.15, 0.2) is 12.1 Å². The summed E-state index contributed by atoms with van der Waals surface area (Å²) >= 11 is 1.62. The largest absolute Gasteiger partial charge is 0.369 e. The van der Waals surface area contributed by atoms with Crippen LogP contribution in [0, 0.1) is 11.8 Å². The van der Waals surface area contributed by atoms with Crippen molar-refractivity contribution >= 4 is 17.2 Å². The minimum absolute atomic E-state index is 0.276. The monoisotopic (exact) mass is 265 g/mol. The molecule has 0 spiro atoms. The Balaban J connectivity index is 2.69. The summed E-state index contributed by atoms with van der Waals surface area (Å²) in [4.78, 5) is 15.2. The van der Waals surface area contributed by atoms with Crippen LogP contribution in [0.4, 0.5) is 0 Å². The SMILES string of the molecule is CC(C)N(CC(N)=O)Cc1ccc(C#CCN)s1. The van der Waals surface area contributed by atoms with Crippen molar-refractivity contribution in [1.29, 1.82) is 0 Å². The fraction of sp³-hybridized carbons (Fsp3) is 0.462.